The number of fused-ring (bicyclic) bond motifs is 8. The molecule has 1 aliphatic heterocycles. The summed E-state index contributed by atoms with van der Waals surface area (Å²) in [5.74, 6) is 0. The van der Waals surface area contributed by atoms with Gasteiger partial charge >= 0.3 is 0 Å². The minimum absolute atomic E-state index is 0.145. The normalized spacial score (nSPS) is 15.6. The fraction of sp³-hybridized carbons (Fsp3) is 0.175. The molecule has 406 valence electrons. The summed E-state index contributed by atoms with van der Waals surface area (Å²) >= 11 is 0. The second-order valence-corrected chi connectivity index (χ2v) is 25.1. The molecule has 11 aromatic carbocycles. The van der Waals surface area contributed by atoms with E-state index in [1.54, 1.807) is 0 Å². The van der Waals surface area contributed by atoms with Crippen LogP contribution in [0, 0.1) is 48.5 Å². The molecule has 2 aliphatic carbocycles. The summed E-state index contributed by atoms with van der Waals surface area (Å²) < 4.78 is 0. The molecule has 1 heterocycles. The Bertz CT molecular complexity index is 4380. The van der Waals surface area contributed by atoms with Crippen molar-refractivity contribution in [3.8, 4) is 22.3 Å². The lowest BCUT2D eigenvalue weighted by molar-refractivity contribution is 0.660. The van der Waals surface area contributed by atoms with Crippen molar-refractivity contribution >= 4 is 51.2 Å². The van der Waals surface area contributed by atoms with E-state index >= 15 is 0 Å². The van der Waals surface area contributed by atoms with Crippen LogP contribution in [0.4, 0.5) is 51.2 Å². The fourth-order valence-electron chi connectivity index (χ4n) is 14.8. The maximum atomic E-state index is 2.51. The molecule has 3 heteroatoms. The van der Waals surface area contributed by atoms with E-state index in [2.05, 4.69) is 321 Å². The van der Waals surface area contributed by atoms with Crippen LogP contribution in [0.3, 0.4) is 0 Å². The van der Waals surface area contributed by atoms with E-state index in [9.17, 15) is 0 Å². The highest BCUT2D eigenvalue weighted by molar-refractivity contribution is 5.92. The van der Waals surface area contributed by atoms with Crippen molar-refractivity contribution in [1.82, 2.24) is 0 Å². The molecule has 0 N–H and O–H groups in total. The summed E-state index contributed by atoms with van der Waals surface area (Å²) in [5.41, 5.74) is 33.6. The van der Waals surface area contributed by atoms with Gasteiger partial charge in [0, 0.05) is 50.6 Å². The van der Waals surface area contributed by atoms with Crippen molar-refractivity contribution in [2.45, 2.75) is 92.4 Å². The highest BCUT2D eigenvalue weighted by atomic mass is 15.2. The highest BCUT2D eigenvalue weighted by Crippen LogP contribution is 2.59. The summed E-state index contributed by atoms with van der Waals surface area (Å²) in [6.45, 7) is 25.1. The Balaban J connectivity index is 0.980. The molecule has 83 heavy (non-hydrogen) atoms. The molecule has 0 saturated heterocycles. The van der Waals surface area contributed by atoms with Crippen LogP contribution in [0.2, 0.25) is 0 Å². The van der Waals surface area contributed by atoms with Gasteiger partial charge in [-0.25, -0.2) is 0 Å². The highest BCUT2D eigenvalue weighted by Gasteiger charge is 2.47. The van der Waals surface area contributed by atoms with Crippen LogP contribution in [-0.2, 0) is 16.2 Å². The fourth-order valence-corrected chi connectivity index (χ4v) is 14.8. The third kappa shape index (κ3) is 8.06. The number of aryl methyl sites for hydroxylation is 6. The van der Waals surface area contributed by atoms with Crippen LogP contribution >= 0.6 is 0 Å². The third-order valence-corrected chi connectivity index (χ3v) is 18.9. The number of anilines is 9. The first-order valence-electron chi connectivity index (χ1n) is 29.6. The molecule has 3 nitrogen and oxygen atoms in total. The molecule has 0 saturated carbocycles. The molecule has 0 aromatic heterocycles. The van der Waals surface area contributed by atoms with Gasteiger partial charge in [-0.2, -0.15) is 0 Å². The summed E-state index contributed by atoms with van der Waals surface area (Å²) in [4.78, 5) is 7.46. The first-order valence-corrected chi connectivity index (χ1v) is 29.6. The summed E-state index contributed by atoms with van der Waals surface area (Å²) in [5, 5.41) is 0. The lowest BCUT2D eigenvalue weighted by Crippen LogP contribution is -2.38. The number of rotatable bonds is 9. The van der Waals surface area contributed by atoms with Crippen LogP contribution in [-0.4, -0.2) is 0 Å². The molecule has 11 aromatic rings. The van der Waals surface area contributed by atoms with Gasteiger partial charge < -0.3 is 14.7 Å². The minimum Gasteiger partial charge on any atom is -0.310 e. The van der Waals surface area contributed by atoms with Crippen molar-refractivity contribution < 1.29 is 0 Å². The van der Waals surface area contributed by atoms with Crippen molar-refractivity contribution in [3.63, 3.8) is 0 Å². The number of para-hydroxylation sites is 1. The van der Waals surface area contributed by atoms with Gasteiger partial charge in [0.25, 0.3) is 0 Å². The molecule has 1 unspecified atom stereocenters. The molecule has 1 atom stereocenters. The zero-order chi connectivity index (χ0) is 57.3. The Morgan fingerprint density at radius 1 is 0.301 bits per heavy atom. The largest absolute Gasteiger partial charge is 0.310 e. The monoisotopic (exact) mass is 1070 g/mol. The van der Waals surface area contributed by atoms with Crippen molar-refractivity contribution in [2.75, 3.05) is 14.7 Å². The average Bonchev–Trinajstić information content (AvgIpc) is 1.67. The predicted octanol–water partition coefficient (Wildman–Crippen LogP) is 21.6. The van der Waals surface area contributed by atoms with Gasteiger partial charge in [-0.05, 0) is 234 Å². The Labute approximate surface area is 491 Å². The number of benzene rings is 11. The van der Waals surface area contributed by atoms with Gasteiger partial charge in [-0.15, -0.1) is 0 Å². The molecule has 0 fully saturated rings. The van der Waals surface area contributed by atoms with Gasteiger partial charge in [0.1, 0.15) is 0 Å². The van der Waals surface area contributed by atoms with Crippen molar-refractivity contribution in [2.24, 2.45) is 0 Å². The number of hydrogen-bond donors (Lipinski definition) is 0. The summed E-state index contributed by atoms with van der Waals surface area (Å²) in [6, 6.07) is 88.2. The molecule has 0 radical (unpaired) electrons. The van der Waals surface area contributed by atoms with Crippen LogP contribution in [0.5, 0.6) is 0 Å². The summed E-state index contributed by atoms with van der Waals surface area (Å²) in [6.07, 6.45) is 0. The lowest BCUT2D eigenvalue weighted by Gasteiger charge is -2.47. The van der Waals surface area contributed by atoms with E-state index in [4.69, 9.17) is 0 Å². The molecule has 0 bridgehead atoms. The first-order chi connectivity index (χ1) is 40.0. The minimum atomic E-state index is -0.742. The number of nitrogens with zero attached hydrogens (tertiary/aromatic N) is 3. The average molecular weight is 1070 g/mol. The van der Waals surface area contributed by atoms with Gasteiger partial charge in [0.05, 0.1) is 16.8 Å². The zero-order valence-electron chi connectivity index (χ0n) is 49.8. The topological polar surface area (TPSA) is 9.72 Å². The number of hydrogen-bond acceptors (Lipinski definition) is 3. The zero-order valence-corrected chi connectivity index (χ0v) is 49.8. The Morgan fingerprint density at radius 2 is 0.759 bits per heavy atom. The molecule has 14 rings (SSSR count). The maximum Gasteiger partial charge on any atom is 0.0742 e. The summed E-state index contributed by atoms with van der Waals surface area (Å²) in [7, 11) is 0. The Morgan fingerprint density at radius 3 is 1.34 bits per heavy atom. The van der Waals surface area contributed by atoms with Gasteiger partial charge in [-0.1, -0.05) is 178 Å². The van der Waals surface area contributed by atoms with E-state index in [-0.39, 0.29) is 10.8 Å². The van der Waals surface area contributed by atoms with E-state index in [0.717, 1.165) is 39.8 Å². The molecule has 0 amide bonds. The van der Waals surface area contributed by atoms with E-state index in [0.29, 0.717) is 0 Å². The van der Waals surface area contributed by atoms with E-state index < -0.39 is 5.41 Å². The smallest absolute Gasteiger partial charge is 0.0742 e. The van der Waals surface area contributed by atoms with Crippen LogP contribution in [0.15, 0.2) is 231 Å². The first kappa shape index (κ1) is 51.9. The third-order valence-electron chi connectivity index (χ3n) is 18.9. The van der Waals surface area contributed by atoms with Gasteiger partial charge in [-0.3, -0.25) is 0 Å². The van der Waals surface area contributed by atoms with Crippen molar-refractivity contribution in [1.29, 1.82) is 0 Å². The Hall–Kier alpha value is -9.18. The molecule has 0 spiro atoms. The van der Waals surface area contributed by atoms with Gasteiger partial charge in [0.15, 0.2) is 0 Å². The van der Waals surface area contributed by atoms with Crippen LogP contribution in [0.25, 0.3) is 22.3 Å². The van der Waals surface area contributed by atoms with Crippen molar-refractivity contribution in [3.05, 3.63) is 314 Å². The quantitative estimate of drug-likeness (QED) is 0.143. The molecule has 3 aliphatic rings. The predicted molar refractivity (Wildman–Crippen MR) is 351 cm³/mol. The lowest BCUT2D eigenvalue weighted by atomic mass is 9.62. The van der Waals surface area contributed by atoms with E-state index in [1.807, 2.05) is 0 Å². The molecular weight excluding hydrogens is 1000 g/mol. The van der Waals surface area contributed by atoms with E-state index in [1.165, 1.54) is 117 Å². The van der Waals surface area contributed by atoms with Gasteiger partial charge in [0.2, 0.25) is 0 Å². The Kier molecular flexibility index (Phi) is 12.0. The standard InChI is InChI=1S/C80H71N3/c1-50-24-31-61(32-25-50)83-75-23-17-16-22-71(75)80(74-46-51(2)26-41-76(74)83,57-27-33-59(34-28-57)81(64-44-52(3)42-53(4)45-64)62-37-39-67-65-18-12-14-20-69(65)78(8,9)72(67)48-62)58-29-35-60(36-30-58)82(77-47-54(5)43-55(6)56(77)7)63-38-40-68-66-19-13-15-21-70(66)79(10,11)73(68)49-63/h12-49H,1-11H3. The SMILES string of the molecule is Cc1ccc(N2c3ccccc3C(c3ccc(N(c4cc(C)cc(C)c4)c4ccc5c(c4)C(C)(C)c4ccccc4-5)cc3)(c3ccc(N(c4ccc5c(c4)C(C)(C)c4ccccc4-5)c4cc(C)cc(C)c4C)cc3)c3cc(C)ccc32)cc1. The second-order valence-electron chi connectivity index (χ2n) is 25.1. The van der Waals surface area contributed by atoms with Crippen LogP contribution < -0.4 is 14.7 Å². The second kappa shape index (κ2) is 19.2. The molecular formula is C80H71N3. The maximum absolute atomic E-state index is 2.51. The van der Waals surface area contributed by atoms with Crippen LogP contribution in [0.1, 0.15) is 111 Å².